The van der Waals surface area contributed by atoms with Gasteiger partial charge in [-0.25, -0.2) is 9.69 Å². The first-order valence-electron chi connectivity index (χ1n) is 13.1. The molecule has 0 radical (unpaired) electrons. The zero-order valence-corrected chi connectivity index (χ0v) is 21.4. The molecule has 1 amide bonds. The van der Waals surface area contributed by atoms with Gasteiger partial charge in [0.1, 0.15) is 30.5 Å². The van der Waals surface area contributed by atoms with Crippen LogP contribution in [0.2, 0.25) is 0 Å². The normalized spacial score (nSPS) is 32.7. The highest BCUT2D eigenvalue weighted by Gasteiger charge is 2.46. The van der Waals surface area contributed by atoms with Crippen molar-refractivity contribution in [2.75, 3.05) is 31.1 Å². The number of hydrogen-bond donors (Lipinski definition) is 5. The molecule has 0 aliphatic carbocycles. The molecule has 36 heavy (non-hydrogen) atoms. The lowest BCUT2D eigenvalue weighted by atomic mass is 9.77. The molecular weight excluding hydrogens is 464 g/mol. The maximum absolute atomic E-state index is 12.5. The standard InChI is InChI=1S/C26H40N4O6/c1-25(2,3)36-24(35)29-13-10-26(15-29)8-11-28(12-9-26)16-4-5-17-18(14-16)23(34)30(22(17)33)19-6-7-20(31)27-21(19)32/h4-5,14,19-23,27,31-34H,6-13,15H2,1-3H3. The van der Waals surface area contributed by atoms with E-state index in [9.17, 15) is 25.2 Å². The number of anilines is 1. The van der Waals surface area contributed by atoms with E-state index in [1.54, 1.807) is 0 Å². The first-order valence-corrected chi connectivity index (χ1v) is 13.1. The highest BCUT2D eigenvalue weighted by Crippen LogP contribution is 2.46. The molecule has 4 heterocycles. The largest absolute Gasteiger partial charge is 0.444 e. The summed E-state index contributed by atoms with van der Waals surface area (Å²) in [7, 11) is 0. The maximum atomic E-state index is 12.5. The molecule has 200 valence electrons. The number of piperidine rings is 2. The molecule has 5 atom stereocenters. The topological polar surface area (TPSA) is 129 Å². The molecule has 1 spiro atoms. The van der Waals surface area contributed by atoms with Crippen LogP contribution in [0.15, 0.2) is 18.2 Å². The second kappa shape index (κ2) is 9.41. The van der Waals surface area contributed by atoms with Crippen LogP contribution in [-0.2, 0) is 4.74 Å². The van der Waals surface area contributed by atoms with Gasteiger partial charge in [-0.05, 0) is 70.4 Å². The van der Waals surface area contributed by atoms with Crippen LogP contribution in [0.25, 0.3) is 0 Å². The number of aliphatic hydroxyl groups is 4. The predicted octanol–water partition coefficient (Wildman–Crippen LogP) is 1.60. The number of likely N-dealkylation sites (tertiary alicyclic amines) is 1. The quantitative estimate of drug-likeness (QED) is 0.408. The zero-order valence-electron chi connectivity index (χ0n) is 21.4. The molecule has 0 saturated carbocycles. The molecule has 5 rings (SSSR count). The van der Waals surface area contributed by atoms with Crippen LogP contribution in [0.4, 0.5) is 10.5 Å². The number of hydrogen-bond acceptors (Lipinski definition) is 9. The van der Waals surface area contributed by atoms with Gasteiger partial charge in [-0.1, -0.05) is 6.07 Å². The Hall–Kier alpha value is -1.95. The van der Waals surface area contributed by atoms with Crippen molar-refractivity contribution in [2.45, 2.75) is 89.4 Å². The maximum Gasteiger partial charge on any atom is 0.410 e. The number of nitrogens with one attached hydrogen (secondary N) is 1. The van der Waals surface area contributed by atoms with Crippen molar-refractivity contribution < 1.29 is 30.0 Å². The number of carbonyl (C=O) groups excluding carboxylic acids is 1. The van der Waals surface area contributed by atoms with E-state index in [-0.39, 0.29) is 11.5 Å². The van der Waals surface area contributed by atoms with Gasteiger partial charge in [0.05, 0.1) is 6.04 Å². The summed E-state index contributed by atoms with van der Waals surface area (Å²) in [6, 6.07) is 5.28. The van der Waals surface area contributed by atoms with E-state index in [0.717, 1.165) is 51.1 Å². The van der Waals surface area contributed by atoms with Crippen LogP contribution in [-0.4, -0.2) is 86.6 Å². The smallest absolute Gasteiger partial charge is 0.410 e. The Morgan fingerprint density at radius 1 is 1.00 bits per heavy atom. The van der Waals surface area contributed by atoms with Gasteiger partial charge in [0, 0.05) is 43.0 Å². The van der Waals surface area contributed by atoms with Gasteiger partial charge < -0.3 is 35.0 Å². The number of ether oxygens (including phenoxy) is 1. The Bertz CT molecular complexity index is 976. The van der Waals surface area contributed by atoms with Crippen LogP contribution < -0.4 is 10.2 Å². The van der Waals surface area contributed by atoms with Crippen molar-refractivity contribution in [3.8, 4) is 0 Å². The van der Waals surface area contributed by atoms with Crippen LogP contribution in [0.5, 0.6) is 0 Å². The zero-order chi connectivity index (χ0) is 25.8. The van der Waals surface area contributed by atoms with Crippen molar-refractivity contribution >= 4 is 11.8 Å². The fraction of sp³-hybridized carbons (Fsp3) is 0.731. The van der Waals surface area contributed by atoms with Crippen LogP contribution in [0.1, 0.15) is 76.5 Å². The monoisotopic (exact) mass is 504 g/mol. The summed E-state index contributed by atoms with van der Waals surface area (Å²) in [6.45, 7) is 8.83. The minimum atomic E-state index is -1.04. The van der Waals surface area contributed by atoms with E-state index < -0.39 is 36.6 Å². The van der Waals surface area contributed by atoms with E-state index in [2.05, 4.69) is 10.2 Å². The third-order valence-electron chi connectivity index (χ3n) is 8.32. The van der Waals surface area contributed by atoms with Gasteiger partial charge in [-0.15, -0.1) is 0 Å². The fourth-order valence-electron chi connectivity index (χ4n) is 6.29. The summed E-state index contributed by atoms with van der Waals surface area (Å²) in [4.78, 5) is 18.2. The average molecular weight is 505 g/mol. The summed E-state index contributed by atoms with van der Waals surface area (Å²) in [5.41, 5.74) is 1.91. The van der Waals surface area contributed by atoms with Gasteiger partial charge in [-0.3, -0.25) is 5.32 Å². The third kappa shape index (κ3) is 4.82. The molecule has 10 heteroatoms. The van der Waals surface area contributed by atoms with E-state index in [0.29, 0.717) is 24.0 Å². The Balaban J connectivity index is 1.23. The highest BCUT2D eigenvalue weighted by molar-refractivity contribution is 5.68. The van der Waals surface area contributed by atoms with Crippen LogP contribution in [0.3, 0.4) is 0 Å². The molecule has 3 saturated heterocycles. The lowest BCUT2D eigenvalue weighted by Gasteiger charge is -2.40. The van der Waals surface area contributed by atoms with Crippen molar-refractivity contribution in [3.63, 3.8) is 0 Å². The number of amides is 1. The number of benzene rings is 1. The number of fused-ring (bicyclic) bond motifs is 1. The molecule has 3 fully saturated rings. The minimum Gasteiger partial charge on any atom is -0.444 e. The number of rotatable bonds is 2. The van der Waals surface area contributed by atoms with Gasteiger partial charge in [0.25, 0.3) is 0 Å². The Morgan fingerprint density at radius 3 is 2.33 bits per heavy atom. The fourth-order valence-corrected chi connectivity index (χ4v) is 6.29. The molecule has 10 nitrogen and oxygen atoms in total. The van der Waals surface area contributed by atoms with Crippen LogP contribution >= 0.6 is 0 Å². The molecule has 1 aromatic rings. The van der Waals surface area contributed by atoms with Crippen molar-refractivity contribution in [1.29, 1.82) is 0 Å². The van der Waals surface area contributed by atoms with Crippen molar-refractivity contribution in [3.05, 3.63) is 29.3 Å². The second-order valence-electron chi connectivity index (χ2n) is 11.9. The number of carbonyl (C=O) groups is 1. The molecule has 1 aromatic carbocycles. The van der Waals surface area contributed by atoms with E-state index in [4.69, 9.17) is 4.74 Å². The minimum absolute atomic E-state index is 0.116. The average Bonchev–Trinajstić information content (AvgIpc) is 3.33. The number of aliphatic hydroxyl groups excluding tert-OH is 4. The third-order valence-corrected chi connectivity index (χ3v) is 8.32. The second-order valence-corrected chi connectivity index (χ2v) is 11.9. The van der Waals surface area contributed by atoms with Crippen LogP contribution in [0, 0.1) is 5.41 Å². The molecule has 0 bridgehead atoms. The summed E-state index contributed by atoms with van der Waals surface area (Å²) in [5.74, 6) is 0. The molecular formula is C26H40N4O6. The van der Waals surface area contributed by atoms with Crippen molar-refractivity contribution in [2.24, 2.45) is 5.41 Å². The number of nitrogens with zero attached hydrogens (tertiary/aromatic N) is 3. The highest BCUT2D eigenvalue weighted by atomic mass is 16.6. The Morgan fingerprint density at radius 2 is 1.67 bits per heavy atom. The van der Waals surface area contributed by atoms with Gasteiger partial charge in [-0.2, -0.15) is 0 Å². The summed E-state index contributed by atoms with van der Waals surface area (Å²) < 4.78 is 5.57. The van der Waals surface area contributed by atoms with Gasteiger partial charge in [0.2, 0.25) is 0 Å². The first kappa shape index (κ1) is 25.7. The Kier molecular flexibility index (Phi) is 6.72. The predicted molar refractivity (Wildman–Crippen MR) is 133 cm³/mol. The molecule has 4 aliphatic rings. The lowest BCUT2D eigenvalue weighted by molar-refractivity contribution is -0.159. The summed E-state index contributed by atoms with van der Waals surface area (Å²) >= 11 is 0. The van der Waals surface area contributed by atoms with Crippen molar-refractivity contribution in [1.82, 2.24) is 15.1 Å². The molecule has 0 aromatic heterocycles. The van der Waals surface area contributed by atoms with E-state index >= 15 is 0 Å². The van der Waals surface area contributed by atoms with E-state index in [1.807, 2.05) is 43.9 Å². The first-order chi connectivity index (χ1) is 17.0. The molecule has 5 N–H and O–H groups in total. The summed E-state index contributed by atoms with van der Waals surface area (Å²) in [6.07, 6.45) is -0.313. The Labute approximate surface area is 212 Å². The lowest BCUT2D eigenvalue weighted by Crippen LogP contribution is -2.57. The SMILES string of the molecule is CC(C)(C)OC(=O)N1CCC2(CCN(c3ccc4c(c3)C(O)N(C3CCC(O)NC3O)C4O)CC2)C1. The molecule has 4 aliphatic heterocycles. The van der Waals surface area contributed by atoms with Gasteiger partial charge >= 0.3 is 6.09 Å². The summed E-state index contributed by atoms with van der Waals surface area (Å²) in [5, 5.41) is 44.9. The van der Waals surface area contributed by atoms with Gasteiger partial charge in [0.15, 0.2) is 0 Å². The molecule has 5 unspecified atom stereocenters. The van der Waals surface area contributed by atoms with E-state index in [1.165, 1.54) is 4.90 Å².